The monoisotopic (exact) mass is 296 g/mol. The first-order valence-corrected chi connectivity index (χ1v) is 6.21. The first-order valence-electron chi connectivity index (χ1n) is 6.21. The average Bonchev–Trinajstić information content (AvgIpc) is 2.46. The summed E-state index contributed by atoms with van der Waals surface area (Å²) in [6.07, 6.45) is -5.97. The van der Waals surface area contributed by atoms with Gasteiger partial charge in [0.2, 0.25) is 0 Å². The standard InChI is InChI=1S/C16H12F4O/c1-10(21)11-2-4-12(5-3-11)15(17)13-6-8-14(9-7-13)16(18,19)20/h2-9,15H,1H3. The van der Waals surface area contributed by atoms with Crippen LogP contribution in [-0.4, -0.2) is 5.78 Å². The third-order valence-corrected chi connectivity index (χ3v) is 3.14. The zero-order valence-corrected chi connectivity index (χ0v) is 11.1. The van der Waals surface area contributed by atoms with E-state index in [1.165, 1.54) is 31.2 Å². The Morgan fingerprint density at radius 3 is 1.71 bits per heavy atom. The highest BCUT2D eigenvalue weighted by molar-refractivity contribution is 5.94. The van der Waals surface area contributed by atoms with Crippen LogP contribution >= 0.6 is 0 Å². The van der Waals surface area contributed by atoms with Gasteiger partial charge in [0, 0.05) is 5.56 Å². The number of halogens is 4. The van der Waals surface area contributed by atoms with Crippen LogP contribution in [0.15, 0.2) is 48.5 Å². The van der Waals surface area contributed by atoms with Crippen molar-refractivity contribution >= 4 is 5.78 Å². The van der Waals surface area contributed by atoms with E-state index >= 15 is 0 Å². The summed E-state index contributed by atoms with van der Waals surface area (Å²) in [5.74, 6) is -0.133. The summed E-state index contributed by atoms with van der Waals surface area (Å²) in [6.45, 7) is 1.40. The lowest BCUT2D eigenvalue weighted by Crippen LogP contribution is -2.05. The molecule has 0 bridgehead atoms. The lowest BCUT2D eigenvalue weighted by molar-refractivity contribution is -0.137. The molecule has 1 unspecified atom stereocenters. The number of rotatable bonds is 3. The number of hydrogen-bond acceptors (Lipinski definition) is 1. The van der Waals surface area contributed by atoms with E-state index in [4.69, 9.17) is 0 Å². The van der Waals surface area contributed by atoms with Gasteiger partial charge in [0.15, 0.2) is 12.0 Å². The first kappa shape index (κ1) is 15.2. The Bertz CT molecular complexity index is 627. The van der Waals surface area contributed by atoms with Crippen LogP contribution in [0.1, 0.15) is 40.1 Å². The Kier molecular flexibility index (Phi) is 4.11. The molecule has 0 saturated heterocycles. The molecule has 0 aliphatic carbocycles. The molecule has 5 heteroatoms. The first-order chi connectivity index (χ1) is 9.79. The maximum atomic E-state index is 14.3. The lowest BCUT2D eigenvalue weighted by atomic mass is 10.00. The second kappa shape index (κ2) is 5.68. The smallest absolute Gasteiger partial charge is 0.295 e. The molecule has 110 valence electrons. The van der Waals surface area contributed by atoms with Gasteiger partial charge in [-0.15, -0.1) is 0 Å². The van der Waals surface area contributed by atoms with Crippen molar-refractivity contribution in [3.63, 3.8) is 0 Å². The third kappa shape index (κ3) is 3.48. The second-order valence-electron chi connectivity index (χ2n) is 4.66. The molecule has 0 aliphatic rings. The molecule has 0 N–H and O–H groups in total. The van der Waals surface area contributed by atoms with Crippen LogP contribution in [0.5, 0.6) is 0 Å². The molecule has 0 aliphatic heterocycles. The number of ketones is 1. The fraction of sp³-hybridized carbons (Fsp3) is 0.188. The molecule has 0 aromatic heterocycles. The Balaban J connectivity index is 2.23. The maximum Gasteiger partial charge on any atom is 0.416 e. The summed E-state index contributed by atoms with van der Waals surface area (Å²) in [6, 6.07) is 9.84. The molecule has 0 amide bonds. The summed E-state index contributed by atoms with van der Waals surface area (Å²) in [5.41, 5.74) is 0.0714. The number of carbonyl (C=O) groups excluding carboxylic acids is 1. The minimum Gasteiger partial charge on any atom is -0.295 e. The van der Waals surface area contributed by atoms with E-state index in [1.807, 2.05) is 0 Å². The maximum absolute atomic E-state index is 14.3. The number of carbonyl (C=O) groups is 1. The molecule has 21 heavy (non-hydrogen) atoms. The number of benzene rings is 2. The molecule has 0 spiro atoms. The minimum atomic E-state index is -4.44. The summed E-state index contributed by atoms with van der Waals surface area (Å²) in [5, 5.41) is 0. The summed E-state index contributed by atoms with van der Waals surface area (Å²) >= 11 is 0. The van der Waals surface area contributed by atoms with E-state index < -0.39 is 17.9 Å². The van der Waals surface area contributed by atoms with Crippen molar-refractivity contribution in [3.05, 3.63) is 70.8 Å². The van der Waals surface area contributed by atoms with Crippen molar-refractivity contribution in [3.8, 4) is 0 Å². The van der Waals surface area contributed by atoms with E-state index in [9.17, 15) is 22.4 Å². The largest absolute Gasteiger partial charge is 0.416 e. The molecule has 0 saturated carbocycles. The van der Waals surface area contributed by atoms with Crippen molar-refractivity contribution in [1.29, 1.82) is 0 Å². The van der Waals surface area contributed by atoms with Crippen LogP contribution in [0.2, 0.25) is 0 Å². The Hall–Kier alpha value is -2.17. The number of Topliss-reactive ketones (excluding diaryl/α,β-unsaturated/α-hetero) is 1. The molecular formula is C16H12F4O. The van der Waals surface area contributed by atoms with Crippen molar-refractivity contribution in [2.45, 2.75) is 19.3 Å². The van der Waals surface area contributed by atoms with Gasteiger partial charge >= 0.3 is 6.18 Å². The van der Waals surface area contributed by atoms with E-state index in [0.29, 0.717) is 11.1 Å². The number of hydrogen-bond donors (Lipinski definition) is 0. The Morgan fingerprint density at radius 2 is 1.33 bits per heavy atom. The van der Waals surface area contributed by atoms with Crippen molar-refractivity contribution in [2.75, 3.05) is 0 Å². The van der Waals surface area contributed by atoms with Gasteiger partial charge in [0.05, 0.1) is 5.56 Å². The van der Waals surface area contributed by atoms with Gasteiger partial charge in [-0.2, -0.15) is 13.2 Å². The van der Waals surface area contributed by atoms with E-state index in [1.54, 1.807) is 0 Å². The van der Waals surface area contributed by atoms with Gasteiger partial charge in [0.25, 0.3) is 0 Å². The fourth-order valence-corrected chi connectivity index (χ4v) is 1.92. The molecule has 2 aromatic rings. The Labute approximate surface area is 119 Å². The zero-order chi connectivity index (χ0) is 15.6. The van der Waals surface area contributed by atoms with Crippen molar-refractivity contribution in [2.24, 2.45) is 0 Å². The molecular weight excluding hydrogens is 284 g/mol. The van der Waals surface area contributed by atoms with Crippen LogP contribution < -0.4 is 0 Å². The highest BCUT2D eigenvalue weighted by atomic mass is 19.4. The summed E-state index contributed by atoms with van der Waals surface area (Å²) in [7, 11) is 0. The van der Waals surface area contributed by atoms with Crippen LogP contribution in [0.4, 0.5) is 17.6 Å². The van der Waals surface area contributed by atoms with Crippen molar-refractivity contribution in [1.82, 2.24) is 0 Å². The SMILES string of the molecule is CC(=O)c1ccc(C(F)c2ccc(C(F)(F)F)cc2)cc1. The van der Waals surface area contributed by atoms with E-state index in [0.717, 1.165) is 24.3 Å². The molecule has 2 aromatic carbocycles. The summed E-state index contributed by atoms with van der Waals surface area (Å²) in [4.78, 5) is 11.1. The van der Waals surface area contributed by atoms with Gasteiger partial charge in [-0.3, -0.25) is 4.79 Å². The second-order valence-corrected chi connectivity index (χ2v) is 4.66. The molecule has 0 fully saturated rings. The van der Waals surface area contributed by atoms with Crippen LogP contribution in [0.25, 0.3) is 0 Å². The predicted octanol–water partition coefficient (Wildman–Crippen LogP) is 4.97. The average molecular weight is 296 g/mol. The van der Waals surface area contributed by atoms with Gasteiger partial charge in [-0.25, -0.2) is 4.39 Å². The molecule has 1 atom stereocenters. The quantitative estimate of drug-likeness (QED) is 0.577. The predicted molar refractivity (Wildman–Crippen MR) is 70.8 cm³/mol. The van der Waals surface area contributed by atoms with Gasteiger partial charge in [-0.1, -0.05) is 36.4 Å². The minimum absolute atomic E-state index is 0.133. The fourth-order valence-electron chi connectivity index (χ4n) is 1.92. The topological polar surface area (TPSA) is 17.1 Å². The Morgan fingerprint density at radius 1 is 0.905 bits per heavy atom. The molecule has 0 heterocycles. The van der Waals surface area contributed by atoms with E-state index in [2.05, 4.69) is 0 Å². The van der Waals surface area contributed by atoms with Gasteiger partial charge in [-0.05, 0) is 30.2 Å². The normalized spacial score (nSPS) is 13.0. The lowest BCUT2D eigenvalue weighted by Gasteiger charge is -2.11. The van der Waals surface area contributed by atoms with Gasteiger partial charge in [0.1, 0.15) is 0 Å². The highest BCUT2D eigenvalue weighted by Crippen LogP contribution is 2.32. The molecule has 2 rings (SSSR count). The molecule has 0 radical (unpaired) electrons. The van der Waals surface area contributed by atoms with Crippen LogP contribution in [0.3, 0.4) is 0 Å². The van der Waals surface area contributed by atoms with E-state index in [-0.39, 0.29) is 11.3 Å². The van der Waals surface area contributed by atoms with Crippen molar-refractivity contribution < 1.29 is 22.4 Å². The summed E-state index contributed by atoms with van der Waals surface area (Å²) < 4.78 is 51.6. The van der Waals surface area contributed by atoms with Gasteiger partial charge < -0.3 is 0 Å². The highest BCUT2D eigenvalue weighted by Gasteiger charge is 2.30. The molecule has 1 nitrogen and oxygen atoms in total. The number of alkyl halides is 4. The van der Waals surface area contributed by atoms with Crippen LogP contribution in [0, 0.1) is 0 Å². The van der Waals surface area contributed by atoms with Crippen LogP contribution in [-0.2, 0) is 6.18 Å². The zero-order valence-electron chi connectivity index (χ0n) is 11.1. The third-order valence-electron chi connectivity index (χ3n) is 3.14.